The van der Waals surface area contributed by atoms with Crippen LogP contribution in [0.5, 0.6) is 17.2 Å². The fourth-order valence-corrected chi connectivity index (χ4v) is 5.98. The number of unbranched alkanes of at least 4 members (excludes halogenated alkanes) is 2. The van der Waals surface area contributed by atoms with Crippen LogP contribution >= 0.6 is 0 Å². The van der Waals surface area contributed by atoms with Gasteiger partial charge in [0.25, 0.3) is 0 Å². The molecule has 0 saturated carbocycles. The summed E-state index contributed by atoms with van der Waals surface area (Å²) < 4.78 is 27.7. The number of hydrogen-bond donors (Lipinski definition) is 1. The highest BCUT2D eigenvalue weighted by molar-refractivity contribution is 5.79. The Hall–Kier alpha value is -3.18. The minimum Gasteiger partial charge on any atom is -0.493 e. The van der Waals surface area contributed by atoms with Crippen LogP contribution in [0.3, 0.4) is 0 Å². The van der Waals surface area contributed by atoms with E-state index in [9.17, 15) is 14.7 Å². The maximum Gasteiger partial charge on any atom is 0.308 e. The van der Waals surface area contributed by atoms with Crippen molar-refractivity contribution < 1.29 is 38.4 Å². The lowest BCUT2D eigenvalue weighted by molar-refractivity contribution is -0.144. The van der Waals surface area contributed by atoms with Gasteiger partial charge < -0.3 is 38.6 Å². The number of methoxy groups -OCH3 is 1. The second kappa shape index (κ2) is 14.6. The van der Waals surface area contributed by atoms with Crippen LogP contribution in [0.15, 0.2) is 24.7 Å². The SMILES string of the molecule is CCCCN(CCCCN(C)C)C(=O)CN1CC(c2cc(OC)c3c(c2)OCO3)C(C(=O)O)C1CCC1OC=CO1. The molecule has 3 atom stereocenters. The van der Waals surface area contributed by atoms with Gasteiger partial charge >= 0.3 is 5.97 Å². The van der Waals surface area contributed by atoms with Crippen LogP contribution in [0.2, 0.25) is 0 Å². The maximum atomic E-state index is 13.7. The zero-order valence-electron chi connectivity index (χ0n) is 24.8. The lowest BCUT2D eigenvalue weighted by atomic mass is 9.83. The quantitative estimate of drug-likeness (QED) is 0.294. The minimum absolute atomic E-state index is 0.0383. The molecule has 11 nitrogen and oxygen atoms in total. The third-order valence-electron chi connectivity index (χ3n) is 8.11. The average Bonchev–Trinajstić information content (AvgIpc) is 3.70. The number of carboxylic acid groups (broad SMARTS) is 1. The summed E-state index contributed by atoms with van der Waals surface area (Å²) in [6.45, 7) is 5.17. The first-order valence-electron chi connectivity index (χ1n) is 14.6. The lowest BCUT2D eigenvalue weighted by Gasteiger charge is -2.30. The Bertz CT molecular complexity index is 1060. The Labute approximate surface area is 242 Å². The summed E-state index contributed by atoms with van der Waals surface area (Å²) >= 11 is 0. The van der Waals surface area contributed by atoms with Crippen LogP contribution in [0.1, 0.15) is 56.9 Å². The Balaban J connectivity index is 1.56. The number of ether oxygens (including phenoxy) is 5. The van der Waals surface area contributed by atoms with Crippen molar-refractivity contribution in [1.29, 1.82) is 0 Å². The van der Waals surface area contributed by atoms with Gasteiger partial charge in [-0.1, -0.05) is 13.3 Å². The number of fused-ring (bicyclic) bond motifs is 1. The molecule has 1 saturated heterocycles. The highest BCUT2D eigenvalue weighted by Gasteiger charge is 2.48. The zero-order valence-corrected chi connectivity index (χ0v) is 24.8. The molecular formula is C30H45N3O8. The van der Waals surface area contributed by atoms with E-state index in [1.54, 1.807) is 7.11 Å². The number of carboxylic acids is 1. The van der Waals surface area contributed by atoms with Crippen molar-refractivity contribution in [1.82, 2.24) is 14.7 Å². The molecule has 1 aromatic rings. The van der Waals surface area contributed by atoms with Gasteiger partial charge in [-0.3, -0.25) is 14.5 Å². The Morgan fingerprint density at radius 1 is 1.05 bits per heavy atom. The molecule has 0 bridgehead atoms. The van der Waals surface area contributed by atoms with Crippen LogP contribution < -0.4 is 14.2 Å². The number of rotatable bonds is 16. The largest absolute Gasteiger partial charge is 0.493 e. The topological polar surface area (TPSA) is 110 Å². The van der Waals surface area contributed by atoms with Crippen LogP contribution in [-0.4, -0.2) is 105 Å². The molecule has 0 aromatic heterocycles. The zero-order chi connectivity index (χ0) is 29.4. The third-order valence-corrected chi connectivity index (χ3v) is 8.11. The van der Waals surface area contributed by atoms with Gasteiger partial charge in [0.2, 0.25) is 24.7 Å². The van der Waals surface area contributed by atoms with Gasteiger partial charge in [0.1, 0.15) is 12.5 Å². The molecule has 1 amide bonds. The van der Waals surface area contributed by atoms with E-state index in [0.717, 1.165) is 37.8 Å². The first-order chi connectivity index (χ1) is 19.8. The van der Waals surface area contributed by atoms with Crippen molar-refractivity contribution >= 4 is 11.9 Å². The monoisotopic (exact) mass is 575 g/mol. The average molecular weight is 576 g/mol. The molecule has 0 radical (unpaired) electrons. The van der Waals surface area contributed by atoms with Crippen LogP contribution in [0.4, 0.5) is 0 Å². The standard InChI is InChI=1S/C30H45N3O8/c1-5-6-12-32(13-8-7-11-31(2)3)26(34)19-33-18-22(21-16-24(37-4)29-25(17-21)40-20-41-29)28(30(35)36)23(33)9-10-27-38-14-15-39-27/h14-17,22-23,27-28H,5-13,18-20H2,1-4H3,(H,35,36). The molecule has 3 heterocycles. The number of likely N-dealkylation sites (tertiary alicyclic amines) is 1. The molecule has 0 aliphatic carbocycles. The molecule has 3 aliphatic heterocycles. The van der Waals surface area contributed by atoms with E-state index in [2.05, 4.69) is 25.9 Å². The number of benzene rings is 1. The second-order valence-corrected chi connectivity index (χ2v) is 11.2. The van der Waals surface area contributed by atoms with Gasteiger partial charge in [-0.15, -0.1) is 0 Å². The van der Waals surface area contributed by atoms with Crippen LogP contribution in [0, 0.1) is 5.92 Å². The number of hydrogen-bond acceptors (Lipinski definition) is 9. The van der Waals surface area contributed by atoms with Crippen molar-refractivity contribution in [2.75, 3.05) is 60.7 Å². The normalized spacial score (nSPS) is 21.7. The number of nitrogens with zero attached hydrogens (tertiary/aromatic N) is 3. The molecule has 11 heteroatoms. The summed E-state index contributed by atoms with van der Waals surface area (Å²) in [5, 5.41) is 10.5. The highest BCUT2D eigenvalue weighted by atomic mass is 16.7. The van der Waals surface area contributed by atoms with E-state index < -0.39 is 18.2 Å². The molecule has 1 N–H and O–H groups in total. The molecule has 1 aromatic carbocycles. The summed E-state index contributed by atoms with van der Waals surface area (Å²) in [7, 11) is 5.66. The van der Waals surface area contributed by atoms with Crippen LogP contribution in [0.25, 0.3) is 0 Å². The smallest absolute Gasteiger partial charge is 0.308 e. The molecular weight excluding hydrogens is 530 g/mol. The van der Waals surface area contributed by atoms with E-state index in [1.165, 1.54) is 12.5 Å². The summed E-state index contributed by atoms with van der Waals surface area (Å²) in [5.74, 6) is -0.410. The first-order valence-corrected chi connectivity index (χ1v) is 14.6. The van der Waals surface area contributed by atoms with Crippen molar-refractivity contribution in [2.45, 2.75) is 63.7 Å². The van der Waals surface area contributed by atoms with E-state index in [1.807, 2.05) is 21.9 Å². The fraction of sp³-hybridized carbons (Fsp3) is 0.667. The minimum atomic E-state index is -0.899. The second-order valence-electron chi connectivity index (χ2n) is 11.2. The van der Waals surface area contributed by atoms with E-state index in [0.29, 0.717) is 49.7 Å². The molecule has 3 aliphatic rings. The molecule has 228 valence electrons. The number of aliphatic carboxylic acids is 1. The summed E-state index contributed by atoms with van der Waals surface area (Å²) in [6.07, 6.45) is 7.43. The Morgan fingerprint density at radius 2 is 1.78 bits per heavy atom. The van der Waals surface area contributed by atoms with Crippen molar-refractivity contribution in [3.63, 3.8) is 0 Å². The molecule has 41 heavy (non-hydrogen) atoms. The predicted octanol–water partition coefficient (Wildman–Crippen LogP) is 3.49. The van der Waals surface area contributed by atoms with E-state index in [4.69, 9.17) is 23.7 Å². The third kappa shape index (κ3) is 7.77. The number of carbonyl (C=O) groups excluding carboxylic acids is 1. The Kier molecular flexibility index (Phi) is 11.0. The van der Waals surface area contributed by atoms with Crippen molar-refractivity contribution in [3.8, 4) is 17.2 Å². The van der Waals surface area contributed by atoms with Gasteiger partial charge in [-0.25, -0.2) is 0 Å². The van der Waals surface area contributed by atoms with Crippen molar-refractivity contribution in [2.24, 2.45) is 5.92 Å². The van der Waals surface area contributed by atoms with Gasteiger partial charge in [0.05, 0.1) is 19.6 Å². The first kappa shape index (κ1) is 30.8. The van der Waals surface area contributed by atoms with Crippen LogP contribution in [-0.2, 0) is 19.1 Å². The van der Waals surface area contributed by atoms with Gasteiger partial charge in [0, 0.05) is 38.0 Å². The summed E-state index contributed by atoms with van der Waals surface area (Å²) in [6, 6.07) is 3.30. The molecule has 3 unspecified atom stereocenters. The van der Waals surface area contributed by atoms with Gasteiger partial charge in [0.15, 0.2) is 11.5 Å². The van der Waals surface area contributed by atoms with Crippen molar-refractivity contribution in [3.05, 3.63) is 30.2 Å². The number of amides is 1. The van der Waals surface area contributed by atoms with E-state index >= 15 is 0 Å². The van der Waals surface area contributed by atoms with Gasteiger partial charge in [-0.05, 0) is 64.0 Å². The summed E-state index contributed by atoms with van der Waals surface area (Å²) in [4.78, 5) is 32.7. The Morgan fingerprint density at radius 3 is 2.46 bits per heavy atom. The lowest BCUT2D eigenvalue weighted by Crippen LogP contribution is -2.45. The maximum absolute atomic E-state index is 13.7. The predicted molar refractivity (Wildman–Crippen MR) is 152 cm³/mol. The fourth-order valence-electron chi connectivity index (χ4n) is 5.98. The van der Waals surface area contributed by atoms with E-state index in [-0.39, 0.29) is 31.2 Å². The number of carbonyl (C=O) groups is 2. The van der Waals surface area contributed by atoms with Gasteiger partial charge in [-0.2, -0.15) is 0 Å². The molecule has 0 spiro atoms. The highest BCUT2D eigenvalue weighted by Crippen LogP contribution is 2.47. The molecule has 4 rings (SSSR count). The summed E-state index contributed by atoms with van der Waals surface area (Å²) in [5.41, 5.74) is 0.792. The molecule has 1 fully saturated rings.